The second kappa shape index (κ2) is 66.5. The molecule has 6 heavy (non-hydrogen) atoms. The Balaban J connectivity index is 0. The van der Waals surface area contributed by atoms with Gasteiger partial charge in [-0.05, 0) is 0 Å². The van der Waals surface area contributed by atoms with E-state index in [2.05, 4.69) is 0 Å². The predicted molar refractivity (Wildman–Crippen MR) is 0 cm³/mol. The van der Waals surface area contributed by atoms with Crippen molar-refractivity contribution in [1.82, 2.24) is 0 Å². The molecule has 0 radical (unpaired) electrons. The largest absolute Gasteiger partial charge is 3.00 e. The quantitative estimate of drug-likeness (QED) is 0.289. The molecule has 0 aliphatic rings. The standard InChI is InChI=1S/Eu.4FH.Li/h;4*1H;/q+3;;;;;+1/p-4. The molecule has 6 heteroatoms. The fraction of sp³-hybridized carbons (Fsp3) is 0. The van der Waals surface area contributed by atoms with Gasteiger partial charge in [0.05, 0.1) is 0 Å². The van der Waals surface area contributed by atoms with E-state index in [-0.39, 0.29) is 87.1 Å². The number of hydrogen-bond donors (Lipinski definition) is 0. The zero-order valence-electron chi connectivity index (χ0n) is 2.89. The maximum absolute atomic E-state index is 0. The smallest absolute Gasteiger partial charge is 1.00 e. The van der Waals surface area contributed by atoms with Crippen LogP contribution in [0, 0.1) is 49.4 Å². The van der Waals surface area contributed by atoms with E-state index in [4.69, 9.17) is 0 Å². The molecule has 0 saturated carbocycles. The summed E-state index contributed by atoms with van der Waals surface area (Å²) in [5.74, 6) is 0. The van der Waals surface area contributed by atoms with E-state index in [1.807, 2.05) is 0 Å². The van der Waals surface area contributed by atoms with E-state index in [1.54, 1.807) is 0 Å². The number of halogens is 4. The summed E-state index contributed by atoms with van der Waals surface area (Å²) in [5.41, 5.74) is 0. The first kappa shape index (κ1) is 104. The van der Waals surface area contributed by atoms with Crippen LogP contribution in [-0.2, 0) is 0 Å². The summed E-state index contributed by atoms with van der Waals surface area (Å²) in [6, 6.07) is 0. The van der Waals surface area contributed by atoms with E-state index < -0.39 is 0 Å². The van der Waals surface area contributed by atoms with Crippen molar-refractivity contribution >= 4 is 0 Å². The molecule has 0 spiro atoms. The molecule has 0 atom stereocenters. The molecule has 0 unspecified atom stereocenters. The minimum atomic E-state index is 0. The molecule has 0 saturated heterocycles. The van der Waals surface area contributed by atoms with Crippen molar-refractivity contribution in [3.05, 3.63) is 0 Å². The predicted octanol–water partition coefficient (Wildman–Crippen LogP) is -15.0. The van der Waals surface area contributed by atoms with Crippen LogP contribution in [0.2, 0.25) is 0 Å². The van der Waals surface area contributed by atoms with Crippen LogP contribution in [0.4, 0.5) is 0 Å². The minimum absolute atomic E-state index is 0. The molecule has 0 aliphatic carbocycles. The molecule has 0 rings (SSSR count). The SMILES string of the molecule is [Eu+3].[F-].[F-].[F-].[F-].[Li+]. The van der Waals surface area contributed by atoms with Crippen molar-refractivity contribution in [3.8, 4) is 0 Å². The van der Waals surface area contributed by atoms with E-state index in [1.165, 1.54) is 0 Å². The van der Waals surface area contributed by atoms with Crippen LogP contribution in [0.1, 0.15) is 0 Å². The van der Waals surface area contributed by atoms with Crippen LogP contribution < -0.4 is 37.7 Å². The first-order valence-corrected chi connectivity index (χ1v) is 0. The van der Waals surface area contributed by atoms with Crippen LogP contribution in [0.15, 0.2) is 0 Å². The van der Waals surface area contributed by atoms with Gasteiger partial charge < -0.3 is 18.8 Å². The van der Waals surface area contributed by atoms with Crippen LogP contribution in [0.3, 0.4) is 0 Å². The molecule has 36 valence electrons. The van der Waals surface area contributed by atoms with Crippen LogP contribution in [0.25, 0.3) is 0 Å². The summed E-state index contributed by atoms with van der Waals surface area (Å²) >= 11 is 0. The molecule has 0 nitrogen and oxygen atoms in total. The Labute approximate surface area is 85.6 Å². The molecule has 0 aromatic rings. The number of hydrogen-bond acceptors (Lipinski definition) is 0. The van der Waals surface area contributed by atoms with Crippen molar-refractivity contribution in [2.45, 2.75) is 0 Å². The van der Waals surface area contributed by atoms with Gasteiger partial charge in [-0.15, -0.1) is 0 Å². The molecule has 0 aromatic carbocycles. The van der Waals surface area contributed by atoms with Gasteiger partial charge in [-0.1, -0.05) is 0 Å². The molecule has 0 aromatic heterocycles. The van der Waals surface area contributed by atoms with Gasteiger partial charge in [0.1, 0.15) is 0 Å². The van der Waals surface area contributed by atoms with Crippen molar-refractivity contribution in [2.75, 3.05) is 0 Å². The third kappa shape index (κ3) is 39.2. The van der Waals surface area contributed by atoms with E-state index >= 15 is 0 Å². The van der Waals surface area contributed by atoms with Crippen molar-refractivity contribution in [1.29, 1.82) is 0 Å². The summed E-state index contributed by atoms with van der Waals surface area (Å²) in [7, 11) is 0. The topological polar surface area (TPSA) is 0 Å². The summed E-state index contributed by atoms with van der Waals surface area (Å²) in [5, 5.41) is 0. The molecule has 0 N–H and O–H groups in total. The summed E-state index contributed by atoms with van der Waals surface area (Å²) in [4.78, 5) is 0. The average molecular weight is 235 g/mol. The maximum Gasteiger partial charge on any atom is 3.00 e. The van der Waals surface area contributed by atoms with E-state index in [0.717, 1.165) is 0 Å². The van der Waals surface area contributed by atoms with Gasteiger partial charge in [0, 0.05) is 0 Å². The Hall–Kier alpha value is 1.90. The fourth-order valence-corrected chi connectivity index (χ4v) is 0. The third-order valence-electron chi connectivity index (χ3n) is 0. The second-order valence-electron chi connectivity index (χ2n) is 0. The zero-order valence-corrected chi connectivity index (χ0v) is 5.31. The normalized spacial score (nSPS) is 0. The summed E-state index contributed by atoms with van der Waals surface area (Å²) in [6.45, 7) is 0. The first-order chi connectivity index (χ1) is 0. The number of rotatable bonds is 0. The molecule has 0 fully saturated rings. The Morgan fingerprint density at radius 2 is 0.500 bits per heavy atom. The van der Waals surface area contributed by atoms with Gasteiger partial charge in [-0.25, -0.2) is 0 Å². The maximum atomic E-state index is 0. The Bertz CT molecular complexity index is 7.51. The Morgan fingerprint density at radius 1 is 0.500 bits per heavy atom. The molecule has 0 heterocycles. The minimum Gasteiger partial charge on any atom is -1.00 e. The fourth-order valence-electron chi connectivity index (χ4n) is 0. The average Bonchev–Trinajstić information content (AvgIpc) is 0. The van der Waals surface area contributed by atoms with Crippen LogP contribution in [-0.4, -0.2) is 0 Å². The molecule has 0 amide bonds. The van der Waals surface area contributed by atoms with Gasteiger partial charge in [-0.2, -0.15) is 0 Å². The van der Waals surface area contributed by atoms with E-state index in [9.17, 15) is 0 Å². The van der Waals surface area contributed by atoms with E-state index in [0.29, 0.717) is 0 Å². The Kier molecular flexibility index (Phi) is 1150. The van der Waals surface area contributed by atoms with Gasteiger partial charge in [0.25, 0.3) is 0 Å². The third-order valence-corrected chi connectivity index (χ3v) is 0. The van der Waals surface area contributed by atoms with Crippen molar-refractivity contribution < 1.29 is 87.1 Å². The van der Waals surface area contributed by atoms with Gasteiger partial charge in [0.2, 0.25) is 0 Å². The van der Waals surface area contributed by atoms with Gasteiger partial charge in [-0.3, -0.25) is 0 Å². The zero-order chi connectivity index (χ0) is 0. The van der Waals surface area contributed by atoms with Crippen molar-refractivity contribution in [2.24, 2.45) is 0 Å². The van der Waals surface area contributed by atoms with Gasteiger partial charge >= 0.3 is 68.2 Å². The van der Waals surface area contributed by atoms with Crippen LogP contribution >= 0.6 is 0 Å². The molecular weight excluding hydrogens is 235 g/mol. The summed E-state index contributed by atoms with van der Waals surface area (Å²) in [6.07, 6.45) is 0. The summed E-state index contributed by atoms with van der Waals surface area (Å²) < 4.78 is 0. The Morgan fingerprint density at radius 3 is 0.500 bits per heavy atom. The van der Waals surface area contributed by atoms with Gasteiger partial charge in [0.15, 0.2) is 0 Å². The monoisotopic (exact) mass is 236 g/mol. The molecule has 0 bridgehead atoms. The van der Waals surface area contributed by atoms with Crippen LogP contribution in [0.5, 0.6) is 0 Å². The molecular formula is EuF4Li. The second-order valence-corrected chi connectivity index (χ2v) is 0. The molecule has 0 aliphatic heterocycles. The van der Waals surface area contributed by atoms with Crippen molar-refractivity contribution in [3.63, 3.8) is 0 Å². The first-order valence-electron chi connectivity index (χ1n) is 0.